The van der Waals surface area contributed by atoms with Crippen molar-refractivity contribution in [2.24, 2.45) is 0 Å². The number of carbonyl (C=O) groups is 1. The average molecular weight is 246 g/mol. The van der Waals surface area contributed by atoms with E-state index in [2.05, 4.69) is 10.3 Å². The molecule has 0 bridgehead atoms. The Labute approximate surface area is 105 Å². The van der Waals surface area contributed by atoms with Crippen molar-refractivity contribution in [3.05, 3.63) is 45.9 Å². The van der Waals surface area contributed by atoms with Crippen molar-refractivity contribution in [2.45, 2.75) is 20.3 Å². The molecule has 0 saturated heterocycles. The van der Waals surface area contributed by atoms with Crippen molar-refractivity contribution in [1.29, 1.82) is 0 Å². The fraction of sp³-hybridized carbons (Fsp3) is 0.231. The highest BCUT2D eigenvalue weighted by Crippen LogP contribution is 2.16. The highest BCUT2D eigenvalue weighted by molar-refractivity contribution is 7.07. The van der Waals surface area contributed by atoms with Gasteiger partial charge in [0, 0.05) is 11.1 Å². The molecular weight excluding hydrogens is 232 g/mol. The van der Waals surface area contributed by atoms with E-state index < -0.39 is 0 Å². The SMILES string of the molecule is Cc1ccc(C)c(NC(=O)Cc2cscn2)c1. The molecule has 88 valence electrons. The summed E-state index contributed by atoms with van der Waals surface area (Å²) in [5.41, 5.74) is 5.64. The lowest BCUT2D eigenvalue weighted by Crippen LogP contribution is -2.15. The van der Waals surface area contributed by atoms with Gasteiger partial charge in [0.15, 0.2) is 0 Å². The summed E-state index contributed by atoms with van der Waals surface area (Å²) in [5.74, 6) is -0.0235. The number of aromatic nitrogens is 1. The van der Waals surface area contributed by atoms with Crippen LogP contribution in [-0.2, 0) is 11.2 Å². The molecule has 1 N–H and O–H groups in total. The minimum atomic E-state index is -0.0235. The van der Waals surface area contributed by atoms with Gasteiger partial charge in [-0.05, 0) is 31.0 Å². The van der Waals surface area contributed by atoms with Gasteiger partial charge in [0.05, 0.1) is 17.6 Å². The van der Waals surface area contributed by atoms with Crippen molar-refractivity contribution < 1.29 is 4.79 Å². The number of carbonyl (C=O) groups excluding carboxylic acids is 1. The average Bonchev–Trinajstić information content (AvgIpc) is 2.76. The Kier molecular flexibility index (Phi) is 3.54. The molecule has 0 fully saturated rings. The third-order valence-electron chi connectivity index (χ3n) is 2.49. The van der Waals surface area contributed by atoms with Crippen LogP contribution in [-0.4, -0.2) is 10.9 Å². The maximum atomic E-state index is 11.8. The Morgan fingerprint density at radius 3 is 2.94 bits per heavy atom. The number of aryl methyl sites for hydroxylation is 2. The fourth-order valence-electron chi connectivity index (χ4n) is 1.55. The number of hydrogen-bond acceptors (Lipinski definition) is 3. The van der Waals surface area contributed by atoms with Crippen LogP contribution < -0.4 is 5.32 Å². The van der Waals surface area contributed by atoms with Gasteiger partial charge in [-0.1, -0.05) is 12.1 Å². The number of hydrogen-bond donors (Lipinski definition) is 1. The van der Waals surface area contributed by atoms with Crippen LogP contribution in [0, 0.1) is 13.8 Å². The number of thiazole rings is 1. The van der Waals surface area contributed by atoms with Crippen LogP contribution in [0.5, 0.6) is 0 Å². The van der Waals surface area contributed by atoms with Crippen LogP contribution in [0.1, 0.15) is 16.8 Å². The topological polar surface area (TPSA) is 42.0 Å². The first-order chi connectivity index (χ1) is 8.15. The van der Waals surface area contributed by atoms with E-state index in [1.54, 1.807) is 5.51 Å². The second kappa shape index (κ2) is 5.10. The maximum absolute atomic E-state index is 11.8. The van der Waals surface area contributed by atoms with Crippen molar-refractivity contribution in [3.63, 3.8) is 0 Å². The molecule has 1 aromatic heterocycles. The molecule has 0 radical (unpaired) electrons. The fourth-order valence-corrected chi connectivity index (χ4v) is 2.11. The van der Waals surface area contributed by atoms with Crippen molar-refractivity contribution in [2.75, 3.05) is 5.32 Å². The van der Waals surface area contributed by atoms with Crippen molar-refractivity contribution in [3.8, 4) is 0 Å². The van der Waals surface area contributed by atoms with Gasteiger partial charge in [0.1, 0.15) is 0 Å². The van der Waals surface area contributed by atoms with Crippen LogP contribution in [0.15, 0.2) is 29.1 Å². The largest absolute Gasteiger partial charge is 0.325 e. The smallest absolute Gasteiger partial charge is 0.230 e. The molecule has 1 aromatic carbocycles. The van der Waals surface area contributed by atoms with Gasteiger partial charge >= 0.3 is 0 Å². The quantitative estimate of drug-likeness (QED) is 0.904. The number of nitrogens with zero attached hydrogens (tertiary/aromatic N) is 1. The predicted octanol–water partition coefficient (Wildman–Crippen LogP) is 2.94. The molecular formula is C13H14N2OS. The lowest BCUT2D eigenvalue weighted by molar-refractivity contribution is -0.115. The zero-order valence-electron chi connectivity index (χ0n) is 9.86. The summed E-state index contributed by atoms with van der Waals surface area (Å²) in [6.45, 7) is 3.99. The van der Waals surface area contributed by atoms with Crippen LogP contribution in [0.2, 0.25) is 0 Å². The van der Waals surface area contributed by atoms with E-state index >= 15 is 0 Å². The van der Waals surface area contributed by atoms with Crippen LogP contribution >= 0.6 is 11.3 Å². The summed E-state index contributed by atoms with van der Waals surface area (Å²) in [7, 11) is 0. The normalized spacial score (nSPS) is 10.2. The summed E-state index contributed by atoms with van der Waals surface area (Å²) >= 11 is 1.50. The van der Waals surface area contributed by atoms with Gasteiger partial charge in [0.25, 0.3) is 0 Å². The van der Waals surface area contributed by atoms with Gasteiger partial charge in [0.2, 0.25) is 5.91 Å². The Morgan fingerprint density at radius 1 is 1.41 bits per heavy atom. The molecule has 0 spiro atoms. The first-order valence-electron chi connectivity index (χ1n) is 5.39. The van der Waals surface area contributed by atoms with Gasteiger partial charge < -0.3 is 5.32 Å². The van der Waals surface area contributed by atoms with E-state index in [0.717, 1.165) is 22.5 Å². The van der Waals surface area contributed by atoms with E-state index in [1.165, 1.54) is 11.3 Å². The zero-order chi connectivity index (χ0) is 12.3. The number of rotatable bonds is 3. The van der Waals surface area contributed by atoms with Gasteiger partial charge in [-0.3, -0.25) is 4.79 Å². The molecule has 17 heavy (non-hydrogen) atoms. The third-order valence-corrected chi connectivity index (χ3v) is 3.13. The van der Waals surface area contributed by atoms with E-state index in [4.69, 9.17) is 0 Å². The van der Waals surface area contributed by atoms with E-state index in [0.29, 0.717) is 6.42 Å². The summed E-state index contributed by atoms with van der Waals surface area (Å²) < 4.78 is 0. The molecule has 0 aliphatic rings. The van der Waals surface area contributed by atoms with E-state index in [-0.39, 0.29) is 5.91 Å². The first-order valence-corrected chi connectivity index (χ1v) is 6.33. The lowest BCUT2D eigenvalue weighted by Gasteiger charge is -2.08. The van der Waals surface area contributed by atoms with Crippen molar-refractivity contribution >= 4 is 22.9 Å². The number of nitrogens with one attached hydrogen (secondary N) is 1. The second-order valence-electron chi connectivity index (χ2n) is 4.02. The van der Waals surface area contributed by atoms with Gasteiger partial charge in [-0.15, -0.1) is 11.3 Å². The molecule has 0 aliphatic carbocycles. The van der Waals surface area contributed by atoms with Crippen LogP contribution in [0.25, 0.3) is 0 Å². The molecule has 0 saturated carbocycles. The van der Waals surface area contributed by atoms with Crippen molar-refractivity contribution in [1.82, 2.24) is 4.98 Å². The van der Waals surface area contributed by atoms with Crippen LogP contribution in [0.4, 0.5) is 5.69 Å². The molecule has 3 nitrogen and oxygen atoms in total. The summed E-state index contributed by atoms with van der Waals surface area (Å²) in [5, 5.41) is 4.81. The molecule has 4 heteroatoms. The van der Waals surface area contributed by atoms with Gasteiger partial charge in [-0.25, -0.2) is 4.98 Å². The summed E-state index contributed by atoms with van der Waals surface area (Å²) in [6, 6.07) is 6.02. The van der Waals surface area contributed by atoms with E-state index in [9.17, 15) is 4.79 Å². The second-order valence-corrected chi connectivity index (χ2v) is 4.74. The number of benzene rings is 1. The molecule has 1 heterocycles. The number of amides is 1. The minimum Gasteiger partial charge on any atom is -0.325 e. The molecule has 0 atom stereocenters. The first kappa shape index (κ1) is 11.8. The Balaban J connectivity index is 2.05. The Bertz CT molecular complexity index is 520. The number of anilines is 1. The highest BCUT2D eigenvalue weighted by Gasteiger charge is 2.07. The third kappa shape index (κ3) is 3.14. The maximum Gasteiger partial charge on any atom is 0.230 e. The molecule has 0 aliphatic heterocycles. The standard InChI is InChI=1S/C13H14N2OS/c1-9-3-4-10(2)12(5-9)15-13(16)6-11-7-17-8-14-11/h3-5,7-8H,6H2,1-2H3,(H,15,16). The monoisotopic (exact) mass is 246 g/mol. The lowest BCUT2D eigenvalue weighted by atomic mass is 10.1. The summed E-state index contributed by atoms with van der Waals surface area (Å²) in [4.78, 5) is 15.9. The summed E-state index contributed by atoms with van der Waals surface area (Å²) in [6.07, 6.45) is 0.330. The molecule has 0 unspecified atom stereocenters. The molecule has 2 rings (SSSR count). The zero-order valence-corrected chi connectivity index (χ0v) is 10.7. The van der Waals surface area contributed by atoms with Crippen LogP contribution in [0.3, 0.4) is 0 Å². The molecule has 1 amide bonds. The van der Waals surface area contributed by atoms with E-state index in [1.807, 2.05) is 37.4 Å². The highest BCUT2D eigenvalue weighted by atomic mass is 32.1. The van der Waals surface area contributed by atoms with Gasteiger partial charge in [-0.2, -0.15) is 0 Å². The predicted molar refractivity (Wildman–Crippen MR) is 70.4 cm³/mol. The molecule has 2 aromatic rings. The Hall–Kier alpha value is -1.68. The Morgan fingerprint density at radius 2 is 2.24 bits per heavy atom. The minimum absolute atomic E-state index is 0.0235.